The number of imidazole rings is 1. The molecule has 35 heavy (non-hydrogen) atoms. The average Bonchev–Trinajstić information content (AvgIpc) is 3.13. The van der Waals surface area contributed by atoms with Crippen LogP contribution < -0.4 is 5.32 Å². The normalized spacial score (nSPS) is 13.4. The number of hydrogen-bond acceptors (Lipinski definition) is 5. The average molecular weight is 560 g/mol. The van der Waals surface area contributed by atoms with E-state index in [1.54, 1.807) is 39.8 Å². The second-order valence-electron chi connectivity index (χ2n) is 8.56. The fourth-order valence-corrected chi connectivity index (χ4v) is 3.43. The first-order valence-corrected chi connectivity index (χ1v) is 11.5. The number of aromatic nitrogens is 2. The number of rotatable bonds is 7. The highest BCUT2D eigenvalue weighted by molar-refractivity contribution is 6.77. The van der Waals surface area contributed by atoms with Gasteiger partial charge in [0.2, 0.25) is 5.78 Å². The molecule has 0 aliphatic heterocycles. The van der Waals surface area contributed by atoms with E-state index in [1.165, 1.54) is 16.7 Å². The Bertz CT molecular complexity index is 1090. The predicted molar refractivity (Wildman–Crippen MR) is 124 cm³/mol. The summed E-state index contributed by atoms with van der Waals surface area (Å²) < 4.78 is 43.4. The van der Waals surface area contributed by atoms with Crippen LogP contribution in [0.3, 0.4) is 0 Å². The Labute approximate surface area is 214 Å². The highest BCUT2D eigenvalue weighted by atomic mass is 35.6. The van der Waals surface area contributed by atoms with E-state index in [0.717, 1.165) is 4.90 Å². The molecule has 2 aromatic rings. The molecule has 2 aromatic heterocycles. The number of pyridine rings is 1. The molecule has 0 radical (unpaired) electrons. The molecule has 0 bridgehead atoms. The summed E-state index contributed by atoms with van der Waals surface area (Å²) in [6, 6.07) is 4.62. The van der Waals surface area contributed by atoms with E-state index in [2.05, 4.69) is 4.98 Å². The number of carbonyl (C=O) groups is 3. The van der Waals surface area contributed by atoms with Crippen LogP contribution in [0.4, 0.5) is 18.0 Å². The number of ether oxygens (including phenoxy) is 1. The van der Waals surface area contributed by atoms with Crippen molar-refractivity contribution >= 4 is 58.2 Å². The number of fused-ring (bicyclic) bond motifs is 1. The monoisotopic (exact) mass is 558 g/mol. The highest BCUT2D eigenvalue weighted by Gasteiger charge is 2.42. The maximum Gasteiger partial charge on any atom is 0.471 e. The van der Waals surface area contributed by atoms with Crippen molar-refractivity contribution in [2.75, 3.05) is 0 Å². The van der Waals surface area contributed by atoms with E-state index in [4.69, 9.17) is 39.5 Å². The van der Waals surface area contributed by atoms with Crippen LogP contribution in [-0.4, -0.2) is 53.8 Å². The zero-order valence-corrected chi connectivity index (χ0v) is 21.5. The number of alkyl halides is 6. The number of amides is 2. The van der Waals surface area contributed by atoms with Crippen LogP contribution in [0.2, 0.25) is 0 Å². The molecule has 0 spiro atoms. The number of nitrogens with zero attached hydrogens (tertiary/aromatic N) is 3. The van der Waals surface area contributed by atoms with E-state index in [-0.39, 0.29) is 30.0 Å². The SMILES string of the molecule is CCCC(NC(=O)C(F)(F)F)N(Cc1cccc2ncc(C(=O)C(Cl)(Cl)Cl)n12)C(=O)OC(C)(C)C. The highest BCUT2D eigenvalue weighted by Crippen LogP contribution is 2.31. The zero-order valence-electron chi connectivity index (χ0n) is 19.3. The first-order chi connectivity index (χ1) is 16.0. The summed E-state index contributed by atoms with van der Waals surface area (Å²) in [5.41, 5.74) is -0.606. The van der Waals surface area contributed by atoms with Crippen LogP contribution in [0, 0.1) is 0 Å². The summed E-state index contributed by atoms with van der Waals surface area (Å²) in [5, 5.41) is 1.85. The summed E-state index contributed by atoms with van der Waals surface area (Å²) >= 11 is 17.2. The van der Waals surface area contributed by atoms with E-state index in [1.807, 2.05) is 5.32 Å². The van der Waals surface area contributed by atoms with Gasteiger partial charge in [0.15, 0.2) is 0 Å². The molecule has 1 N–H and O–H groups in total. The van der Waals surface area contributed by atoms with Gasteiger partial charge in [0.1, 0.15) is 23.1 Å². The fraction of sp³-hybridized carbons (Fsp3) is 0.524. The number of ketones is 1. The van der Waals surface area contributed by atoms with Crippen molar-refractivity contribution in [2.24, 2.45) is 0 Å². The Kier molecular flexibility index (Phi) is 8.94. The molecule has 0 saturated carbocycles. The van der Waals surface area contributed by atoms with Crippen molar-refractivity contribution in [1.29, 1.82) is 0 Å². The third-order valence-corrected chi connectivity index (χ3v) is 5.07. The second-order valence-corrected chi connectivity index (χ2v) is 10.8. The smallest absolute Gasteiger partial charge is 0.444 e. The molecule has 8 nitrogen and oxygen atoms in total. The van der Waals surface area contributed by atoms with E-state index < -0.39 is 39.5 Å². The lowest BCUT2D eigenvalue weighted by Gasteiger charge is -2.34. The number of carbonyl (C=O) groups excluding carboxylic acids is 3. The van der Waals surface area contributed by atoms with Gasteiger partial charge in [-0.1, -0.05) is 54.2 Å². The van der Waals surface area contributed by atoms with Crippen molar-refractivity contribution < 1.29 is 32.3 Å². The minimum Gasteiger partial charge on any atom is -0.444 e. The molecule has 14 heteroatoms. The maximum atomic E-state index is 13.1. The molecule has 0 aliphatic rings. The summed E-state index contributed by atoms with van der Waals surface area (Å²) in [6.45, 7) is 6.06. The minimum atomic E-state index is -5.17. The number of hydrogen-bond donors (Lipinski definition) is 1. The molecular formula is C21H24Cl3F3N4O4. The van der Waals surface area contributed by atoms with Crippen LogP contribution in [0.25, 0.3) is 5.65 Å². The van der Waals surface area contributed by atoms with Gasteiger partial charge in [0.25, 0.3) is 3.79 Å². The molecule has 194 valence electrons. The third kappa shape index (κ3) is 7.62. The van der Waals surface area contributed by atoms with Crippen LogP contribution in [0.1, 0.15) is 56.7 Å². The third-order valence-electron chi connectivity index (χ3n) is 4.55. The lowest BCUT2D eigenvalue weighted by atomic mass is 10.2. The van der Waals surface area contributed by atoms with Gasteiger partial charge in [-0.15, -0.1) is 0 Å². The largest absolute Gasteiger partial charge is 0.471 e. The lowest BCUT2D eigenvalue weighted by molar-refractivity contribution is -0.175. The van der Waals surface area contributed by atoms with Gasteiger partial charge in [-0.05, 0) is 39.3 Å². The Morgan fingerprint density at radius 1 is 1.17 bits per heavy atom. The maximum absolute atomic E-state index is 13.1. The van der Waals surface area contributed by atoms with E-state index >= 15 is 0 Å². The standard InChI is InChI=1S/C21H24Cl3F3N4O4/c1-5-7-15(29-17(33)21(25,26)27)30(18(34)35-19(2,3)4)11-12-8-6-9-14-28-10-13(31(12)14)16(32)20(22,23)24/h6,8-10,15H,5,7,11H2,1-4H3,(H,29,33). The van der Waals surface area contributed by atoms with Crippen molar-refractivity contribution in [3.05, 3.63) is 35.8 Å². The molecule has 2 rings (SSSR count). The Hall–Kier alpha value is -2.24. The minimum absolute atomic E-state index is 0.0130. The number of Topliss-reactive ketones (excluding diaryl/α,β-unsaturated/α-hetero) is 1. The predicted octanol–water partition coefficient (Wildman–Crippen LogP) is 5.43. The van der Waals surface area contributed by atoms with Gasteiger partial charge in [0, 0.05) is 5.69 Å². The van der Waals surface area contributed by atoms with Crippen LogP contribution >= 0.6 is 34.8 Å². The van der Waals surface area contributed by atoms with Crippen LogP contribution in [0.15, 0.2) is 24.4 Å². The van der Waals surface area contributed by atoms with Crippen LogP contribution in [-0.2, 0) is 16.1 Å². The van der Waals surface area contributed by atoms with Crippen molar-refractivity contribution in [2.45, 2.75) is 68.8 Å². The first-order valence-electron chi connectivity index (χ1n) is 10.4. The molecule has 2 amide bonds. The van der Waals surface area contributed by atoms with Crippen molar-refractivity contribution in [3.8, 4) is 0 Å². The molecule has 1 unspecified atom stereocenters. The summed E-state index contributed by atoms with van der Waals surface area (Å²) in [4.78, 5) is 42.5. The van der Waals surface area contributed by atoms with E-state index in [0.29, 0.717) is 6.42 Å². The van der Waals surface area contributed by atoms with Crippen molar-refractivity contribution in [3.63, 3.8) is 0 Å². The fourth-order valence-electron chi connectivity index (χ4n) is 3.14. The van der Waals surface area contributed by atoms with Gasteiger partial charge in [-0.2, -0.15) is 13.2 Å². The van der Waals surface area contributed by atoms with Gasteiger partial charge < -0.3 is 10.1 Å². The van der Waals surface area contributed by atoms with E-state index in [9.17, 15) is 27.6 Å². The summed E-state index contributed by atoms with van der Waals surface area (Å²) in [7, 11) is 0. The molecule has 1 atom stereocenters. The first kappa shape index (κ1) is 29.0. The summed E-state index contributed by atoms with van der Waals surface area (Å²) in [5.74, 6) is -3.11. The second kappa shape index (κ2) is 10.8. The molecule has 0 aromatic carbocycles. The molecule has 2 heterocycles. The molecular weight excluding hydrogens is 536 g/mol. The molecule has 0 aliphatic carbocycles. The summed E-state index contributed by atoms with van der Waals surface area (Å²) in [6.07, 6.45) is -6.04. The van der Waals surface area contributed by atoms with Gasteiger partial charge in [-0.3, -0.25) is 18.9 Å². The molecule has 0 saturated heterocycles. The van der Waals surface area contributed by atoms with Gasteiger partial charge >= 0.3 is 18.2 Å². The zero-order chi connectivity index (χ0) is 26.8. The quantitative estimate of drug-likeness (QED) is 0.277. The van der Waals surface area contributed by atoms with Gasteiger partial charge in [0.05, 0.1) is 12.7 Å². The number of nitrogens with one attached hydrogen (secondary N) is 1. The van der Waals surface area contributed by atoms with Gasteiger partial charge in [-0.25, -0.2) is 9.78 Å². The molecule has 0 fully saturated rings. The number of halogens is 6. The topological polar surface area (TPSA) is 93.0 Å². The van der Waals surface area contributed by atoms with Crippen LogP contribution in [0.5, 0.6) is 0 Å². The Morgan fingerprint density at radius 2 is 1.80 bits per heavy atom. The Balaban J connectivity index is 2.59. The lowest BCUT2D eigenvalue weighted by Crippen LogP contribution is -2.54. The van der Waals surface area contributed by atoms with Crippen molar-refractivity contribution in [1.82, 2.24) is 19.6 Å². The Morgan fingerprint density at radius 3 is 2.31 bits per heavy atom.